The van der Waals surface area contributed by atoms with Crippen molar-refractivity contribution in [2.24, 2.45) is 0 Å². The zero-order chi connectivity index (χ0) is 20.3. The maximum Gasteiger partial charge on any atom is 0.412 e. The van der Waals surface area contributed by atoms with Crippen LogP contribution in [0.15, 0.2) is 53.6 Å². The van der Waals surface area contributed by atoms with Gasteiger partial charge in [-0.25, -0.2) is 9.78 Å². The van der Waals surface area contributed by atoms with Crippen LogP contribution >= 0.6 is 0 Å². The first-order valence-electron chi connectivity index (χ1n) is 8.88. The number of anilines is 1. The van der Waals surface area contributed by atoms with Crippen molar-refractivity contribution in [1.82, 2.24) is 9.55 Å². The summed E-state index contributed by atoms with van der Waals surface area (Å²) in [5, 5.41) is 2.98. The van der Waals surface area contributed by atoms with E-state index in [9.17, 15) is 9.59 Å². The maximum atomic E-state index is 13.1. The molecular weight excluding hydrogens is 358 g/mol. The molecule has 2 aromatic carbocycles. The van der Waals surface area contributed by atoms with Gasteiger partial charge in [-0.2, -0.15) is 0 Å². The zero-order valence-electron chi connectivity index (χ0n) is 16.4. The van der Waals surface area contributed by atoms with E-state index >= 15 is 0 Å². The Balaban J connectivity index is 2.00. The molecule has 0 aliphatic rings. The van der Waals surface area contributed by atoms with Gasteiger partial charge in [0.15, 0.2) is 0 Å². The number of amides is 1. The van der Waals surface area contributed by atoms with Crippen molar-refractivity contribution in [1.29, 1.82) is 0 Å². The number of carbonyl (C=O) groups is 1. The number of nitrogens with one attached hydrogen (secondary N) is 1. The molecule has 28 heavy (non-hydrogen) atoms. The lowest BCUT2D eigenvalue weighted by Crippen LogP contribution is -2.28. The molecule has 7 nitrogen and oxygen atoms in total. The lowest BCUT2D eigenvalue weighted by molar-refractivity contribution is 0.0636. The minimum atomic E-state index is -0.642. The average molecular weight is 381 g/mol. The van der Waals surface area contributed by atoms with E-state index in [2.05, 4.69) is 10.3 Å². The highest BCUT2D eigenvalue weighted by atomic mass is 16.6. The van der Waals surface area contributed by atoms with Crippen LogP contribution in [0.4, 0.5) is 10.5 Å². The van der Waals surface area contributed by atoms with E-state index in [0.717, 1.165) is 5.56 Å². The van der Waals surface area contributed by atoms with Gasteiger partial charge in [-0.1, -0.05) is 24.3 Å². The SMILES string of the molecule is COc1ccccc1Cn1cnc2cccc(NC(=O)OC(C)(C)C)c2c1=O. The highest BCUT2D eigenvalue weighted by molar-refractivity contribution is 5.98. The molecule has 0 spiro atoms. The molecule has 1 N–H and O–H groups in total. The quantitative estimate of drug-likeness (QED) is 0.743. The number of para-hydroxylation sites is 1. The lowest BCUT2D eigenvalue weighted by atomic mass is 10.1. The van der Waals surface area contributed by atoms with Gasteiger partial charge >= 0.3 is 6.09 Å². The van der Waals surface area contributed by atoms with Crippen molar-refractivity contribution in [3.63, 3.8) is 0 Å². The summed E-state index contributed by atoms with van der Waals surface area (Å²) in [5.41, 5.74) is 0.804. The summed E-state index contributed by atoms with van der Waals surface area (Å²) < 4.78 is 12.1. The number of aromatic nitrogens is 2. The van der Waals surface area contributed by atoms with E-state index in [1.165, 1.54) is 10.9 Å². The van der Waals surface area contributed by atoms with Crippen LogP contribution in [-0.4, -0.2) is 28.4 Å². The summed E-state index contributed by atoms with van der Waals surface area (Å²) >= 11 is 0. The molecule has 0 radical (unpaired) electrons. The molecule has 0 bridgehead atoms. The number of hydrogen-bond donors (Lipinski definition) is 1. The predicted molar refractivity (Wildman–Crippen MR) is 108 cm³/mol. The van der Waals surface area contributed by atoms with Crippen LogP contribution in [0.5, 0.6) is 5.75 Å². The average Bonchev–Trinajstić information content (AvgIpc) is 2.63. The molecule has 0 fully saturated rings. The fourth-order valence-corrected chi connectivity index (χ4v) is 2.85. The van der Waals surface area contributed by atoms with Gasteiger partial charge in [-0.05, 0) is 39.0 Å². The third-order valence-electron chi connectivity index (χ3n) is 4.02. The first-order valence-corrected chi connectivity index (χ1v) is 8.88. The molecular formula is C21H23N3O4. The van der Waals surface area contributed by atoms with Crippen LogP contribution in [0.2, 0.25) is 0 Å². The lowest BCUT2D eigenvalue weighted by Gasteiger charge is -2.20. The molecule has 1 aromatic heterocycles. The third-order valence-corrected chi connectivity index (χ3v) is 4.02. The molecule has 3 rings (SSSR count). The van der Waals surface area contributed by atoms with Gasteiger partial charge in [-0.3, -0.25) is 14.7 Å². The molecule has 0 unspecified atom stereocenters. The Morgan fingerprint density at radius 2 is 1.89 bits per heavy atom. The number of fused-ring (bicyclic) bond motifs is 1. The van der Waals surface area contributed by atoms with Crippen molar-refractivity contribution in [3.8, 4) is 5.75 Å². The number of methoxy groups -OCH3 is 1. The summed E-state index contributed by atoms with van der Waals surface area (Å²) in [7, 11) is 1.59. The Morgan fingerprint density at radius 1 is 1.14 bits per heavy atom. The van der Waals surface area contributed by atoms with Gasteiger partial charge in [0.1, 0.15) is 11.4 Å². The number of hydrogen-bond acceptors (Lipinski definition) is 5. The second-order valence-corrected chi connectivity index (χ2v) is 7.32. The minimum Gasteiger partial charge on any atom is -0.496 e. The Hall–Kier alpha value is -3.35. The molecule has 0 aliphatic carbocycles. The Labute approximate surface area is 162 Å². The fraction of sp³-hybridized carbons (Fsp3) is 0.286. The van der Waals surface area contributed by atoms with Crippen LogP contribution in [-0.2, 0) is 11.3 Å². The van der Waals surface area contributed by atoms with Gasteiger partial charge in [0, 0.05) is 5.56 Å². The summed E-state index contributed by atoms with van der Waals surface area (Å²) in [6.45, 7) is 5.62. The summed E-state index contributed by atoms with van der Waals surface area (Å²) in [6, 6.07) is 12.6. The van der Waals surface area contributed by atoms with Gasteiger partial charge in [0.05, 0.1) is 36.6 Å². The van der Waals surface area contributed by atoms with Crippen molar-refractivity contribution < 1.29 is 14.3 Å². The summed E-state index contributed by atoms with van der Waals surface area (Å²) in [5.74, 6) is 0.690. The van der Waals surface area contributed by atoms with Crippen molar-refractivity contribution in [3.05, 3.63) is 64.7 Å². The molecule has 7 heteroatoms. The van der Waals surface area contributed by atoms with Crippen molar-refractivity contribution >= 4 is 22.7 Å². The Kier molecular flexibility index (Phi) is 5.35. The second kappa shape index (κ2) is 7.72. The van der Waals surface area contributed by atoms with E-state index in [0.29, 0.717) is 28.9 Å². The molecule has 1 heterocycles. The molecule has 0 atom stereocenters. The van der Waals surface area contributed by atoms with Crippen LogP contribution < -0.4 is 15.6 Å². The molecule has 0 saturated heterocycles. The van der Waals surface area contributed by atoms with Crippen molar-refractivity contribution in [2.45, 2.75) is 32.9 Å². The molecule has 0 saturated carbocycles. The molecule has 1 amide bonds. The topological polar surface area (TPSA) is 82.4 Å². The number of nitrogens with zero attached hydrogens (tertiary/aromatic N) is 2. The smallest absolute Gasteiger partial charge is 0.412 e. The van der Waals surface area contributed by atoms with Crippen LogP contribution in [0.3, 0.4) is 0 Å². The van der Waals surface area contributed by atoms with E-state index in [1.54, 1.807) is 46.1 Å². The van der Waals surface area contributed by atoms with Crippen LogP contribution in [0.25, 0.3) is 10.9 Å². The standard InChI is InChI=1S/C21H23N3O4/c1-21(2,3)28-20(26)23-16-10-7-9-15-18(16)19(25)24(13-22-15)12-14-8-5-6-11-17(14)27-4/h5-11,13H,12H2,1-4H3,(H,23,26). The number of carbonyl (C=O) groups excluding carboxylic acids is 1. The molecule has 146 valence electrons. The van der Waals surface area contributed by atoms with E-state index in [4.69, 9.17) is 9.47 Å². The van der Waals surface area contributed by atoms with E-state index in [-0.39, 0.29) is 5.56 Å². The number of ether oxygens (including phenoxy) is 2. The maximum absolute atomic E-state index is 13.1. The number of rotatable bonds is 4. The summed E-state index contributed by atoms with van der Waals surface area (Å²) in [6.07, 6.45) is 0.869. The second-order valence-electron chi connectivity index (χ2n) is 7.32. The number of benzene rings is 2. The summed E-state index contributed by atoms with van der Waals surface area (Å²) in [4.78, 5) is 29.6. The van der Waals surface area contributed by atoms with Crippen LogP contribution in [0.1, 0.15) is 26.3 Å². The first-order chi connectivity index (χ1) is 13.3. The van der Waals surface area contributed by atoms with Gasteiger partial charge in [0.25, 0.3) is 5.56 Å². The van der Waals surface area contributed by atoms with Crippen molar-refractivity contribution in [2.75, 3.05) is 12.4 Å². The van der Waals surface area contributed by atoms with Gasteiger partial charge < -0.3 is 9.47 Å². The predicted octanol–water partition coefficient (Wildman–Crippen LogP) is 3.80. The van der Waals surface area contributed by atoms with E-state index < -0.39 is 11.7 Å². The highest BCUT2D eigenvalue weighted by Gasteiger charge is 2.18. The Morgan fingerprint density at radius 3 is 2.61 bits per heavy atom. The molecule has 0 aliphatic heterocycles. The Bertz CT molecular complexity index is 1070. The monoisotopic (exact) mass is 381 g/mol. The third kappa shape index (κ3) is 4.31. The zero-order valence-corrected chi connectivity index (χ0v) is 16.4. The minimum absolute atomic E-state index is 0.262. The first kappa shape index (κ1) is 19.4. The van der Waals surface area contributed by atoms with E-state index in [1.807, 2.05) is 24.3 Å². The molecule has 3 aromatic rings. The largest absolute Gasteiger partial charge is 0.496 e. The highest BCUT2D eigenvalue weighted by Crippen LogP contribution is 2.21. The normalized spacial score (nSPS) is 11.3. The van der Waals surface area contributed by atoms with Gasteiger partial charge in [-0.15, -0.1) is 0 Å². The fourth-order valence-electron chi connectivity index (χ4n) is 2.85. The van der Waals surface area contributed by atoms with Gasteiger partial charge in [0.2, 0.25) is 0 Å². The van der Waals surface area contributed by atoms with Crippen LogP contribution in [0, 0.1) is 0 Å².